The third kappa shape index (κ3) is 2.59. The van der Waals surface area contributed by atoms with E-state index in [0.717, 1.165) is 11.4 Å². The minimum Gasteiger partial charge on any atom is -0.397 e. The summed E-state index contributed by atoms with van der Waals surface area (Å²) in [5.41, 5.74) is 8.41. The van der Waals surface area contributed by atoms with Crippen LogP contribution in [0.4, 0.5) is 15.8 Å². The summed E-state index contributed by atoms with van der Waals surface area (Å²) in [5, 5.41) is 3.24. The van der Waals surface area contributed by atoms with Gasteiger partial charge in [0.25, 0.3) is 0 Å². The van der Waals surface area contributed by atoms with E-state index in [9.17, 15) is 4.39 Å². The molecule has 1 aromatic heterocycles. The van der Waals surface area contributed by atoms with Crippen molar-refractivity contribution in [2.75, 3.05) is 11.1 Å². The lowest BCUT2D eigenvalue weighted by Crippen LogP contribution is -2.10. The average Bonchev–Trinajstić information content (AvgIpc) is 2.37. The topological polar surface area (TPSA) is 50.9 Å². The van der Waals surface area contributed by atoms with E-state index in [-0.39, 0.29) is 11.9 Å². The number of anilines is 2. The molecule has 0 spiro atoms. The van der Waals surface area contributed by atoms with Gasteiger partial charge >= 0.3 is 0 Å². The quantitative estimate of drug-likeness (QED) is 0.816. The molecule has 0 saturated carbocycles. The van der Waals surface area contributed by atoms with Gasteiger partial charge < -0.3 is 11.1 Å². The molecule has 0 aliphatic heterocycles. The summed E-state index contributed by atoms with van der Waals surface area (Å²) in [5.74, 6) is -0.288. The molecule has 0 bridgehead atoms. The van der Waals surface area contributed by atoms with Crippen molar-refractivity contribution in [3.8, 4) is 0 Å². The predicted molar refractivity (Wildman–Crippen MR) is 71.8 cm³/mol. The van der Waals surface area contributed by atoms with E-state index in [1.807, 2.05) is 25.1 Å². The second kappa shape index (κ2) is 5.04. The van der Waals surface area contributed by atoms with Crippen molar-refractivity contribution in [1.29, 1.82) is 0 Å². The smallest absolute Gasteiger partial charge is 0.128 e. The second-order valence-electron chi connectivity index (χ2n) is 4.31. The first kappa shape index (κ1) is 12.4. The maximum atomic E-state index is 13.3. The summed E-state index contributed by atoms with van der Waals surface area (Å²) in [6, 6.07) is 8.79. The Morgan fingerprint density at radius 1 is 1.33 bits per heavy atom. The van der Waals surface area contributed by atoms with E-state index in [0.29, 0.717) is 11.3 Å². The molecule has 0 amide bonds. The van der Waals surface area contributed by atoms with Crippen LogP contribution in [-0.2, 0) is 0 Å². The van der Waals surface area contributed by atoms with Crippen LogP contribution in [0, 0.1) is 12.7 Å². The molecular formula is C14H16FN3. The van der Waals surface area contributed by atoms with E-state index in [2.05, 4.69) is 10.3 Å². The highest BCUT2D eigenvalue weighted by molar-refractivity contribution is 5.67. The fraction of sp³-hybridized carbons (Fsp3) is 0.214. The Kier molecular flexibility index (Phi) is 3.46. The molecule has 3 nitrogen and oxygen atoms in total. The molecular weight excluding hydrogens is 229 g/mol. The maximum Gasteiger partial charge on any atom is 0.128 e. The number of hydrogen-bond acceptors (Lipinski definition) is 3. The Balaban J connectivity index is 2.22. The molecule has 0 aliphatic carbocycles. The summed E-state index contributed by atoms with van der Waals surface area (Å²) in [6.07, 6.45) is 1.74. The maximum absolute atomic E-state index is 13.3. The Bertz CT molecular complexity index is 540. The number of nitrogens with two attached hydrogens (primary N) is 1. The van der Waals surface area contributed by atoms with Crippen molar-refractivity contribution in [2.24, 2.45) is 0 Å². The van der Waals surface area contributed by atoms with Crippen LogP contribution in [0.3, 0.4) is 0 Å². The largest absolute Gasteiger partial charge is 0.397 e. The molecule has 18 heavy (non-hydrogen) atoms. The zero-order chi connectivity index (χ0) is 13.1. The molecule has 1 atom stereocenters. The minimum atomic E-state index is -0.288. The van der Waals surface area contributed by atoms with Gasteiger partial charge in [-0.1, -0.05) is 6.07 Å². The van der Waals surface area contributed by atoms with Crippen molar-refractivity contribution < 1.29 is 4.39 Å². The number of nitrogens with one attached hydrogen (secondary N) is 1. The molecule has 2 aromatic rings. The van der Waals surface area contributed by atoms with Gasteiger partial charge in [-0.2, -0.15) is 0 Å². The van der Waals surface area contributed by atoms with E-state index in [4.69, 9.17) is 5.73 Å². The van der Waals surface area contributed by atoms with Crippen LogP contribution in [0.1, 0.15) is 24.2 Å². The van der Waals surface area contributed by atoms with Gasteiger partial charge in [0.1, 0.15) is 5.82 Å². The fourth-order valence-electron chi connectivity index (χ4n) is 1.76. The molecule has 2 rings (SSSR count). The monoisotopic (exact) mass is 245 g/mol. The summed E-state index contributed by atoms with van der Waals surface area (Å²) in [4.78, 5) is 4.27. The number of hydrogen-bond donors (Lipinski definition) is 2. The van der Waals surface area contributed by atoms with E-state index < -0.39 is 0 Å². The number of aromatic nitrogens is 1. The van der Waals surface area contributed by atoms with Crippen molar-refractivity contribution in [2.45, 2.75) is 19.9 Å². The van der Waals surface area contributed by atoms with Crippen LogP contribution in [0.25, 0.3) is 0 Å². The van der Waals surface area contributed by atoms with E-state index >= 15 is 0 Å². The zero-order valence-electron chi connectivity index (χ0n) is 10.4. The van der Waals surface area contributed by atoms with Gasteiger partial charge in [0.15, 0.2) is 0 Å². The molecule has 0 radical (unpaired) electrons. The van der Waals surface area contributed by atoms with Gasteiger partial charge in [0.2, 0.25) is 0 Å². The third-order valence-corrected chi connectivity index (χ3v) is 2.83. The van der Waals surface area contributed by atoms with Crippen LogP contribution in [0.15, 0.2) is 36.5 Å². The highest BCUT2D eigenvalue weighted by Crippen LogP contribution is 2.26. The Hall–Kier alpha value is -2.10. The number of rotatable bonds is 3. The second-order valence-corrected chi connectivity index (χ2v) is 4.31. The normalized spacial score (nSPS) is 12.2. The van der Waals surface area contributed by atoms with Crippen molar-refractivity contribution in [1.82, 2.24) is 4.98 Å². The van der Waals surface area contributed by atoms with Crippen LogP contribution in [0.5, 0.6) is 0 Å². The lowest BCUT2D eigenvalue weighted by atomic mass is 10.1. The highest BCUT2D eigenvalue weighted by atomic mass is 19.1. The van der Waals surface area contributed by atoms with Crippen molar-refractivity contribution in [3.05, 3.63) is 53.6 Å². The molecule has 0 saturated heterocycles. The van der Waals surface area contributed by atoms with Crippen molar-refractivity contribution in [3.63, 3.8) is 0 Å². The average molecular weight is 245 g/mol. The van der Waals surface area contributed by atoms with Gasteiger partial charge in [0.05, 0.1) is 23.1 Å². The van der Waals surface area contributed by atoms with E-state index in [1.165, 1.54) is 6.07 Å². The number of benzene rings is 1. The molecule has 1 unspecified atom stereocenters. The number of halogens is 1. The number of pyridine rings is 1. The lowest BCUT2D eigenvalue weighted by molar-refractivity contribution is 0.619. The molecule has 4 heteroatoms. The molecule has 3 N–H and O–H groups in total. The number of nitrogens with zero attached hydrogens (tertiary/aromatic N) is 1. The van der Waals surface area contributed by atoms with Gasteiger partial charge in [-0.25, -0.2) is 4.39 Å². The molecule has 1 heterocycles. The summed E-state index contributed by atoms with van der Waals surface area (Å²) in [6.45, 7) is 3.70. The summed E-state index contributed by atoms with van der Waals surface area (Å²) in [7, 11) is 0. The Morgan fingerprint density at radius 3 is 2.78 bits per heavy atom. The lowest BCUT2D eigenvalue weighted by Gasteiger charge is -2.17. The Morgan fingerprint density at radius 2 is 2.11 bits per heavy atom. The molecule has 94 valence electrons. The molecule has 0 aliphatic rings. The van der Waals surface area contributed by atoms with Crippen LogP contribution >= 0.6 is 0 Å². The first-order valence-electron chi connectivity index (χ1n) is 5.81. The highest BCUT2D eigenvalue weighted by Gasteiger charge is 2.10. The fourth-order valence-corrected chi connectivity index (χ4v) is 1.76. The standard InChI is InChI=1S/C14H16FN3/c1-9-7-14(12(16)8-11(9)15)18-10(2)13-5-3-4-6-17-13/h3-8,10,18H,16H2,1-2H3. The molecule has 0 fully saturated rings. The minimum absolute atomic E-state index is 0.0124. The van der Waals surface area contributed by atoms with Crippen LogP contribution < -0.4 is 11.1 Å². The number of nitrogen functional groups attached to an aromatic ring is 1. The first-order chi connectivity index (χ1) is 8.58. The SMILES string of the molecule is Cc1cc(NC(C)c2ccccn2)c(N)cc1F. The Labute approximate surface area is 106 Å². The number of aryl methyl sites for hydroxylation is 1. The van der Waals surface area contributed by atoms with Crippen LogP contribution in [-0.4, -0.2) is 4.98 Å². The van der Waals surface area contributed by atoms with Crippen molar-refractivity contribution >= 4 is 11.4 Å². The molecule has 1 aromatic carbocycles. The third-order valence-electron chi connectivity index (χ3n) is 2.83. The van der Waals surface area contributed by atoms with Gasteiger partial charge in [-0.3, -0.25) is 4.98 Å². The first-order valence-corrected chi connectivity index (χ1v) is 5.81. The summed E-state index contributed by atoms with van der Waals surface area (Å²) >= 11 is 0. The van der Waals surface area contributed by atoms with E-state index in [1.54, 1.807) is 19.2 Å². The van der Waals surface area contributed by atoms with Gasteiger partial charge in [-0.05, 0) is 43.7 Å². The zero-order valence-corrected chi connectivity index (χ0v) is 10.4. The van der Waals surface area contributed by atoms with Crippen LogP contribution in [0.2, 0.25) is 0 Å². The summed E-state index contributed by atoms with van der Waals surface area (Å²) < 4.78 is 13.3. The van der Waals surface area contributed by atoms with Gasteiger partial charge in [-0.15, -0.1) is 0 Å². The van der Waals surface area contributed by atoms with Gasteiger partial charge in [0, 0.05) is 6.20 Å². The predicted octanol–water partition coefficient (Wildman–Crippen LogP) is 3.28.